The number of nitrogen functional groups attached to an aromatic ring is 2. The fraction of sp³-hybridized carbons (Fsp3) is 0.556. The summed E-state index contributed by atoms with van der Waals surface area (Å²) >= 11 is 0. The Morgan fingerprint density at radius 2 is 1.81 bits per heavy atom. The lowest BCUT2D eigenvalue weighted by Crippen LogP contribution is -2.35. The van der Waals surface area contributed by atoms with Gasteiger partial charge in [-0.2, -0.15) is 9.97 Å². The second-order valence-electron chi connectivity index (χ2n) is 3.80. The highest BCUT2D eigenvalue weighted by atomic mass is 15.5. The lowest BCUT2D eigenvalue weighted by Gasteiger charge is -2.27. The van der Waals surface area contributed by atoms with Gasteiger partial charge in [0.1, 0.15) is 11.6 Å². The van der Waals surface area contributed by atoms with E-state index in [9.17, 15) is 0 Å². The van der Waals surface area contributed by atoms with Crippen molar-refractivity contribution < 1.29 is 0 Å². The van der Waals surface area contributed by atoms with Gasteiger partial charge in [0.2, 0.25) is 5.95 Å². The molecule has 0 bridgehead atoms. The lowest BCUT2D eigenvalue weighted by atomic mass is 10.2. The Labute approximate surface area is 94.2 Å². The second-order valence-corrected chi connectivity index (χ2v) is 3.80. The highest BCUT2D eigenvalue weighted by Gasteiger charge is 2.11. The summed E-state index contributed by atoms with van der Waals surface area (Å²) < 4.78 is 0. The number of anilines is 3. The van der Waals surface area contributed by atoms with Gasteiger partial charge in [-0.05, 0) is 12.8 Å². The summed E-state index contributed by atoms with van der Waals surface area (Å²) in [7, 11) is 0. The first kappa shape index (κ1) is 10.9. The number of aromatic nitrogens is 2. The lowest BCUT2D eigenvalue weighted by molar-refractivity contribution is 0.272. The number of nitrogens with one attached hydrogen (secondary N) is 2. The molecule has 0 radical (unpaired) electrons. The van der Waals surface area contributed by atoms with Crippen LogP contribution in [0.3, 0.4) is 0 Å². The van der Waals surface area contributed by atoms with Gasteiger partial charge in [0, 0.05) is 19.2 Å². The molecule has 1 aromatic rings. The molecule has 6 N–H and O–H groups in total. The van der Waals surface area contributed by atoms with Crippen LogP contribution in [0.2, 0.25) is 0 Å². The molecule has 0 aliphatic carbocycles. The molecular weight excluding hydrogens is 206 g/mol. The zero-order chi connectivity index (χ0) is 11.4. The van der Waals surface area contributed by atoms with E-state index in [1.807, 2.05) is 0 Å². The van der Waals surface area contributed by atoms with Crippen molar-refractivity contribution in [3.63, 3.8) is 0 Å². The topological polar surface area (TPSA) is 105 Å². The van der Waals surface area contributed by atoms with E-state index in [0.717, 1.165) is 13.1 Å². The van der Waals surface area contributed by atoms with Gasteiger partial charge in [-0.15, -0.1) is 0 Å². The summed E-state index contributed by atoms with van der Waals surface area (Å²) in [6.07, 6.45) is 3.70. The molecule has 0 aromatic carbocycles. The average molecular weight is 223 g/mol. The number of nitrogens with zero attached hydrogens (tertiary/aromatic N) is 3. The molecule has 7 nitrogen and oxygen atoms in total. The van der Waals surface area contributed by atoms with Crippen LogP contribution in [0.25, 0.3) is 0 Å². The molecule has 0 spiro atoms. The van der Waals surface area contributed by atoms with Crippen molar-refractivity contribution in [1.82, 2.24) is 15.0 Å². The van der Waals surface area contributed by atoms with Crippen molar-refractivity contribution in [3.05, 3.63) is 6.07 Å². The summed E-state index contributed by atoms with van der Waals surface area (Å²) in [6.45, 7) is 2.05. The van der Waals surface area contributed by atoms with E-state index in [0.29, 0.717) is 11.6 Å². The van der Waals surface area contributed by atoms with Gasteiger partial charge in [0.25, 0.3) is 0 Å². The number of nitrogens with two attached hydrogens (primary N) is 2. The van der Waals surface area contributed by atoms with E-state index < -0.39 is 0 Å². The summed E-state index contributed by atoms with van der Waals surface area (Å²) in [5.41, 5.74) is 11.2. The minimum atomic E-state index is 0.204. The van der Waals surface area contributed by atoms with Crippen molar-refractivity contribution in [3.8, 4) is 0 Å². The first-order chi connectivity index (χ1) is 7.78. The highest BCUT2D eigenvalue weighted by molar-refractivity contribution is 5.49. The summed E-state index contributed by atoms with van der Waals surface area (Å²) in [4.78, 5) is 8.01. The van der Waals surface area contributed by atoms with E-state index in [2.05, 4.69) is 25.8 Å². The van der Waals surface area contributed by atoms with Crippen LogP contribution in [0.5, 0.6) is 0 Å². The third-order valence-corrected chi connectivity index (χ3v) is 2.52. The predicted molar refractivity (Wildman–Crippen MR) is 63.3 cm³/mol. The fourth-order valence-electron chi connectivity index (χ4n) is 1.76. The molecule has 2 rings (SSSR count). The molecule has 0 amide bonds. The van der Waals surface area contributed by atoms with Crippen molar-refractivity contribution in [2.45, 2.75) is 19.3 Å². The number of hydrogen-bond acceptors (Lipinski definition) is 7. The minimum absolute atomic E-state index is 0.204. The van der Waals surface area contributed by atoms with Crippen LogP contribution in [-0.2, 0) is 0 Å². The standard InChI is InChI=1S/C9H17N7/c10-9-12-7(14-11)6-8(13-9)15-16-4-2-1-3-5-16/h6H,1-5,11H2,(H4,10,12,13,14,15). The SMILES string of the molecule is NNc1cc(NN2CCCCC2)nc(N)n1. The number of piperidine rings is 1. The molecule has 1 saturated heterocycles. The zero-order valence-electron chi connectivity index (χ0n) is 9.11. The van der Waals surface area contributed by atoms with Gasteiger partial charge >= 0.3 is 0 Å². The Bertz CT molecular complexity index is 348. The third-order valence-electron chi connectivity index (χ3n) is 2.52. The van der Waals surface area contributed by atoms with Gasteiger partial charge in [0.05, 0.1) is 0 Å². The Hall–Kier alpha value is -1.60. The summed E-state index contributed by atoms with van der Waals surface area (Å²) in [5.74, 6) is 6.66. The summed E-state index contributed by atoms with van der Waals surface area (Å²) in [6, 6.07) is 1.73. The maximum atomic E-state index is 5.56. The second kappa shape index (κ2) is 4.95. The molecule has 1 aliphatic rings. The van der Waals surface area contributed by atoms with Crippen LogP contribution in [0.15, 0.2) is 6.07 Å². The Kier molecular flexibility index (Phi) is 3.37. The largest absolute Gasteiger partial charge is 0.368 e. The van der Waals surface area contributed by atoms with Gasteiger partial charge in [-0.3, -0.25) is 0 Å². The third kappa shape index (κ3) is 2.71. The number of rotatable bonds is 3. The highest BCUT2D eigenvalue weighted by Crippen LogP contribution is 2.14. The van der Waals surface area contributed by atoms with Gasteiger partial charge in [0.15, 0.2) is 0 Å². The molecule has 0 unspecified atom stereocenters. The summed E-state index contributed by atoms with van der Waals surface area (Å²) in [5, 5.41) is 2.13. The molecule has 2 heterocycles. The van der Waals surface area contributed by atoms with E-state index in [-0.39, 0.29) is 5.95 Å². The van der Waals surface area contributed by atoms with Gasteiger partial charge in [-0.1, -0.05) is 6.42 Å². The molecule has 1 aromatic heterocycles. The zero-order valence-corrected chi connectivity index (χ0v) is 9.11. The molecule has 0 saturated carbocycles. The van der Waals surface area contributed by atoms with Crippen molar-refractivity contribution in [1.29, 1.82) is 0 Å². The van der Waals surface area contributed by atoms with Crippen molar-refractivity contribution >= 4 is 17.6 Å². The first-order valence-corrected chi connectivity index (χ1v) is 5.41. The number of hydrazine groups is 2. The maximum Gasteiger partial charge on any atom is 0.224 e. The van der Waals surface area contributed by atoms with E-state index in [4.69, 9.17) is 11.6 Å². The molecule has 7 heteroatoms. The molecule has 0 atom stereocenters. The Morgan fingerprint density at radius 1 is 1.12 bits per heavy atom. The average Bonchev–Trinajstić information content (AvgIpc) is 2.29. The maximum absolute atomic E-state index is 5.56. The van der Waals surface area contributed by atoms with Crippen LogP contribution in [-0.4, -0.2) is 28.1 Å². The number of hydrogen-bond donors (Lipinski definition) is 4. The van der Waals surface area contributed by atoms with Crippen LogP contribution in [0.1, 0.15) is 19.3 Å². The van der Waals surface area contributed by atoms with Crippen LogP contribution in [0, 0.1) is 0 Å². The van der Waals surface area contributed by atoms with E-state index >= 15 is 0 Å². The molecule has 1 aliphatic heterocycles. The molecule has 16 heavy (non-hydrogen) atoms. The van der Waals surface area contributed by atoms with E-state index in [1.54, 1.807) is 6.07 Å². The fourth-order valence-corrected chi connectivity index (χ4v) is 1.76. The predicted octanol–water partition coefficient (Wildman–Crippen LogP) is 0.157. The normalized spacial score (nSPS) is 17.1. The van der Waals surface area contributed by atoms with Crippen LogP contribution in [0.4, 0.5) is 17.6 Å². The van der Waals surface area contributed by atoms with Crippen molar-refractivity contribution in [2.75, 3.05) is 29.7 Å². The Morgan fingerprint density at radius 3 is 2.50 bits per heavy atom. The monoisotopic (exact) mass is 223 g/mol. The smallest absolute Gasteiger partial charge is 0.224 e. The van der Waals surface area contributed by atoms with E-state index in [1.165, 1.54) is 19.3 Å². The minimum Gasteiger partial charge on any atom is -0.368 e. The molecular formula is C9H17N7. The quantitative estimate of drug-likeness (QED) is 0.427. The van der Waals surface area contributed by atoms with Gasteiger partial charge in [-0.25, -0.2) is 10.9 Å². The molecule has 1 fully saturated rings. The van der Waals surface area contributed by atoms with Crippen LogP contribution >= 0.6 is 0 Å². The van der Waals surface area contributed by atoms with Crippen LogP contribution < -0.4 is 22.4 Å². The first-order valence-electron chi connectivity index (χ1n) is 5.41. The molecule has 88 valence electrons. The van der Waals surface area contributed by atoms with Crippen molar-refractivity contribution in [2.24, 2.45) is 5.84 Å². The Balaban J connectivity index is 2.04. The van der Waals surface area contributed by atoms with Gasteiger partial charge < -0.3 is 16.6 Å².